The number of benzene rings is 3. The van der Waals surface area contributed by atoms with E-state index in [2.05, 4.69) is 0 Å². The number of fused-ring (bicyclic) bond motifs is 1. The average molecular weight is 354 g/mol. The summed E-state index contributed by atoms with van der Waals surface area (Å²) in [6, 6.07) is 15.5. The number of nitrogens with zero attached hydrogens (tertiary/aromatic N) is 1. The van der Waals surface area contributed by atoms with Crippen LogP contribution in [-0.4, -0.2) is 27.0 Å². The minimum atomic E-state index is -1.12. The van der Waals surface area contributed by atoms with Gasteiger partial charge in [-0.2, -0.15) is 0 Å². The van der Waals surface area contributed by atoms with Gasteiger partial charge in [-0.25, -0.2) is 4.79 Å². The number of nitro groups is 1. The highest BCUT2D eigenvalue weighted by Gasteiger charge is 2.10. The van der Waals surface area contributed by atoms with Gasteiger partial charge in [-0.1, -0.05) is 30.3 Å². The molecule has 4 N–H and O–H groups in total. The SMILES string of the molecule is NC(=O)c1cccc([N+](=O)[O-])c1.O=C(O)c1cc2ccccc2cc1O. The Morgan fingerprint density at radius 1 is 0.962 bits per heavy atom. The molecule has 26 heavy (non-hydrogen) atoms. The van der Waals surface area contributed by atoms with Crippen LogP contribution < -0.4 is 5.73 Å². The van der Waals surface area contributed by atoms with Crippen LogP contribution in [0.3, 0.4) is 0 Å². The van der Waals surface area contributed by atoms with E-state index >= 15 is 0 Å². The van der Waals surface area contributed by atoms with Gasteiger partial charge < -0.3 is 15.9 Å². The molecule has 0 aromatic heterocycles. The highest BCUT2D eigenvalue weighted by Crippen LogP contribution is 2.24. The third kappa shape index (κ3) is 4.32. The van der Waals surface area contributed by atoms with E-state index in [0.717, 1.165) is 16.8 Å². The minimum absolute atomic E-state index is 0.0660. The van der Waals surface area contributed by atoms with Crippen molar-refractivity contribution in [2.75, 3.05) is 0 Å². The first-order chi connectivity index (χ1) is 12.3. The molecule has 3 rings (SSSR count). The molecule has 0 saturated carbocycles. The smallest absolute Gasteiger partial charge is 0.339 e. The molecule has 0 aliphatic rings. The zero-order chi connectivity index (χ0) is 19.3. The molecule has 8 heteroatoms. The van der Waals surface area contributed by atoms with E-state index in [1.165, 1.54) is 30.3 Å². The predicted molar refractivity (Wildman–Crippen MR) is 94.2 cm³/mol. The number of carbonyl (C=O) groups excluding carboxylic acids is 1. The molecule has 0 aliphatic carbocycles. The molecule has 132 valence electrons. The number of phenols is 1. The molecule has 8 nitrogen and oxygen atoms in total. The summed E-state index contributed by atoms with van der Waals surface area (Å²) in [4.78, 5) is 30.9. The second-order valence-electron chi connectivity index (χ2n) is 5.19. The summed E-state index contributed by atoms with van der Waals surface area (Å²) in [5.41, 5.74) is 4.86. The number of amides is 1. The van der Waals surface area contributed by atoms with Gasteiger partial charge in [0, 0.05) is 17.7 Å². The standard InChI is InChI=1S/C11H8O3.C7H6N2O3/c12-10-6-8-4-2-1-3-7(8)5-9(10)11(13)14;8-7(10)5-2-1-3-6(4-5)9(11)12/h1-6,12H,(H,13,14);1-4H,(H2,8,10). The summed E-state index contributed by atoms with van der Waals surface area (Å²) in [5, 5.41) is 30.0. The van der Waals surface area contributed by atoms with Gasteiger partial charge in [0.1, 0.15) is 11.3 Å². The number of hydrogen-bond acceptors (Lipinski definition) is 5. The summed E-state index contributed by atoms with van der Waals surface area (Å²) in [6.45, 7) is 0. The molecule has 0 atom stereocenters. The Morgan fingerprint density at radius 3 is 2.12 bits per heavy atom. The monoisotopic (exact) mass is 354 g/mol. The molecule has 3 aromatic rings. The van der Waals surface area contributed by atoms with E-state index in [1.807, 2.05) is 18.2 Å². The van der Waals surface area contributed by atoms with E-state index in [0.29, 0.717) is 0 Å². The van der Waals surface area contributed by atoms with Gasteiger partial charge in [0.25, 0.3) is 5.69 Å². The Bertz CT molecular complexity index is 971. The van der Waals surface area contributed by atoms with Gasteiger partial charge in [-0.15, -0.1) is 0 Å². The summed E-state index contributed by atoms with van der Waals surface area (Å²) >= 11 is 0. The van der Waals surface area contributed by atoms with Crippen LogP contribution in [0, 0.1) is 10.1 Å². The van der Waals surface area contributed by atoms with Crippen LogP contribution in [0.2, 0.25) is 0 Å². The van der Waals surface area contributed by atoms with Crippen LogP contribution in [0.4, 0.5) is 5.69 Å². The summed E-state index contributed by atoms with van der Waals surface area (Å²) in [6.07, 6.45) is 0. The average Bonchev–Trinajstić information content (AvgIpc) is 2.61. The predicted octanol–water partition coefficient (Wildman–Crippen LogP) is 2.94. The fourth-order valence-electron chi connectivity index (χ4n) is 2.17. The van der Waals surface area contributed by atoms with Crippen molar-refractivity contribution < 1.29 is 24.7 Å². The van der Waals surface area contributed by atoms with Crippen molar-refractivity contribution in [1.82, 2.24) is 0 Å². The van der Waals surface area contributed by atoms with Crippen LogP contribution in [-0.2, 0) is 0 Å². The van der Waals surface area contributed by atoms with Crippen molar-refractivity contribution in [3.05, 3.63) is 81.9 Å². The van der Waals surface area contributed by atoms with Crippen LogP contribution >= 0.6 is 0 Å². The van der Waals surface area contributed by atoms with Crippen molar-refractivity contribution >= 4 is 28.3 Å². The first-order valence-corrected chi connectivity index (χ1v) is 7.29. The lowest BCUT2D eigenvalue weighted by molar-refractivity contribution is -0.384. The van der Waals surface area contributed by atoms with Crippen molar-refractivity contribution in [1.29, 1.82) is 0 Å². The number of carboxylic acids is 1. The van der Waals surface area contributed by atoms with E-state index in [-0.39, 0.29) is 22.6 Å². The highest BCUT2D eigenvalue weighted by molar-refractivity contribution is 5.97. The number of non-ortho nitro benzene ring substituents is 1. The topological polar surface area (TPSA) is 144 Å². The molecular formula is C18H14N2O6. The van der Waals surface area contributed by atoms with E-state index < -0.39 is 16.8 Å². The molecule has 0 bridgehead atoms. The molecule has 0 unspecified atom stereocenters. The Kier molecular flexibility index (Phi) is 5.49. The lowest BCUT2D eigenvalue weighted by Gasteiger charge is -2.02. The quantitative estimate of drug-likeness (QED) is 0.487. The molecular weight excluding hydrogens is 340 g/mol. The summed E-state index contributed by atoms with van der Waals surface area (Å²) in [5.74, 6) is -1.98. The van der Waals surface area contributed by atoms with Gasteiger partial charge in [0.05, 0.1) is 4.92 Å². The van der Waals surface area contributed by atoms with Crippen molar-refractivity contribution in [2.45, 2.75) is 0 Å². The van der Waals surface area contributed by atoms with E-state index in [1.54, 1.807) is 6.07 Å². The van der Waals surface area contributed by atoms with Gasteiger partial charge in [0.15, 0.2) is 0 Å². The maximum atomic E-state index is 10.7. The van der Waals surface area contributed by atoms with Gasteiger partial charge in [-0.3, -0.25) is 14.9 Å². The van der Waals surface area contributed by atoms with E-state index in [9.17, 15) is 24.8 Å². The Morgan fingerprint density at radius 2 is 1.58 bits per heavy atom. The van der Waals surface area contributed by atoms with Crippen LogP contribution in [0.15, 0.2) is 60.7 Å². The molecule has 0 saturated heterocycles. The number of nitrogens with two attached hydrogens (primary N) is 1. The Labute approximate surface area is 147 Å². The largest absolute Gasteiger partial charge is 0.507 e. The number of aromatic carboxylic acids is 1. The lowest BCUT2D eigenvalue weighted by atomic mass is 10.1. The highest BCUT2D eigenvalue weighted by atomic mass is 16.6. The van der Waals surface area contributed by atoms with Crippen molar-refractivity contribution in [3.8, 4) is 5.75 Å². The second kappa shape index (κ2) is 7.75. The number of nitro benzene ring substituents is 1. The molecule has 0 spiro atoms. The van der Waals surface area contributed by atoms with E-state index in [4.69, 9.17) is 10.8 Å². The van der Waals surface area contributed by atoms with Crippen LogP contribution in [0.1, 0.15) is 20.7 Å². The van der Waals surface area contributed by atoms with Gasteiger partial charge in [-0.05, 0) is 29.0 Å². The van der Waals surface area contributed by atoms with Crippen molar-refractivity contribution in [2.24, 2.45) is 5.73 Å². The third-order valence-electron chi connectivity index (χ3n) is 3.44. The normalized spacial score (nSPS) is 9.85. The number of carbonyl (C=O) groups is 2. The Balaban J connectivity index is 0.000000190. The van der Waals surface area contributed by atoms with Gasteiger partial charge in [0.2, 0.25) is 5.91 Å². The molecule has 0 radical (unpaired) electrons. The number of aromatic hydroxyl groups is 1. The zero-order valence-electron chi connectivity index (χ0n) is 13.3. The minimum Gasteiger partial charge on any atom is -0.507 e. The number of hydrogen-bond donors (Lipinski definition) is 3. The number of carboxylic acid groups (broad SMARTS) is 1. The molecule has 3 aromatic carbocycles. The van der Waals surface area contributed by atoms with Gasteiger partial charge >= 0.3 is 5.97 Å². The third-order valence-corrected chi connectivity index (χ3v) is 3.44. The Hall–Kier alpha value is -3.94. The fourth-order valence-corrected chi connectivity index (χ4v) is 2.17. The first kappa shape index (κ1) is 18.4. The maximum Gasteiger partial charge on any atom is 0.339 e. The van der Waals surface area contributed by atoms with Crippen molar-refractivity contribution in [3.63, 3.8) is 0 Å². The number of rotatable bonds is 3. The maximum absolute atomic E-state index is 10.7. The van der Waals surface area contributed by atoms with Crippen LogP contribution in [0.25, 0.3) is 10.8 Å². The molecule has 0 aliphatic heterocycles. The number of primary amides is 1. The lowest BCUT2D eigenvalue weighted by Crippen LogP contribution is -2.10. The second-order valence-corrected chi connectivity index (χ2v) is 5.19. The zero-order valence-corrected chi connectivity index (χ0v) is 13.3. The first-order valence-electron chi connectivity index (χ1n) is 7.29. The summed E-state index contributed by atoms with van der Waals surface area (Å²) in [7, 11) is 0. The summed E-state index contributed by atoms with van der Waals surface area (Å²) < 4.78 is 0. The fraction of sp³-hybridized carbons (Fsp3) is 0. The molecule has 0 heterocycles. The van der Waals surface area contributed by atoms with Crippen LogP contribution in [0.5, 0.6) is 5.75 Å². The molecule has 0 fully saturated rings. The molecule has 1 amide bonds.